The van der Waals surface area contributed by atoms with E-state index in [4.69, 9.17) is 0 Å². The summed E-state index contributed by atoms with van der Waals surface area (Å²) in [7, 11) is -0.0628. The molecule has 0 aromatic carbocycles. The van der Waals surface area contributed by atoms with Crippen molar-refractivity contribution in [2.75, 3.05) is 0 Å². The molecule has 0 unspecified atom stereocenters. The van der Waals surface area contributed by atoms with Gasteiger partial charge in [-0.1, -0.05) is 12.8 Å². The quantitative estimate of drug-likeness (QED) is 0.362. The first-order chi connectivity index (χ1) is 2.89. The van der Waals surface area contributed by atoms with Crippen LogP contribution in [0, 0.1) is 0 Å². The Morgan fingerprint density at radius 2 is 1.67 bits per heavy atom. The van der Waals surface area contributed by atoms with E-state index in [0.717, 1.165) is 0 Å². The highest BCUT2D eigenvalue weighted by atomic mass is 32.3. The van der Waals surface area contributed by atoms with E-state index in [2.05, 4.69) is 12.1 Å². The third-order valence-electron chi connectivity index (χ3n) is 1.18. The predicted molar refractivity (Wildman–Crippen MR) is 33.6 cm³/mol. The van der Waals surface area contributed by atoms with Crippen LogP contribution in [0.5, 0.6) is 0 Å². The highest BCUT2D eigenvalue weighted by Gasteiger charge is 2.11. The van der Waals surface area contributed by atoms with E-state index in [0.29, 0.717) is 0 Å². The molecule has 0 bridgehead atoms. The number of rotatable bonds is 0. The molecule has 1 heterocycles. The lowest BCUT2D eigenvalue weighted by Gasteiger charge is -1.86. The number of hydrogen-bond donors (Lipinski definition) is 1. The molecule has 1 rings (SSSR count). The second-order valence-electron chi connectivity index (χ2n) is 1.77. The van der Waals surface area contributed by atoms with E-state index >= 15 is 0 Å². The first-order valence-electron chi connectivity index (χ1n) is 2.43. The van der Waals surface area contributed by atoms with E-state index in [1.54, 1.807) is 0 Å². The van der Waals surface area contributed by atoms with Crippen LogP contribution in [0.25, 0.3) is 0 Å². The Balaban J connectivity index is 2.18. The van der Waals surface area contributed by atoms with Gasteiger partial charge in [0.1, 0.15) is 7.95 Å². The van der Waals surface area contributed by atoms with Crippen LogP contribution in [-0.4, -0.2) is 7.95 Å². The van der Waals surface area contributed by atoms with E-state index in [9.17, 15) is 0 Å². The van der Waals surface area contributed by atoms with Gasteiger partial charge in [0.2, 0.25) is 0 Å². The molecule has 1 aliphatic heterocycles. The summed E-state index contributed by atoms with van der Waals surface area (Å²) in [6.45, 7) is 0. The predicted octanol–water partition coefficient (Wildman–Crippen LogP) is 1.70. The smallest absolute Gasteiger partial charge is 0.117 e. The van der Waals surface area contributed by atoms with Gasteiger partial charge < -0.3 is 0 Å². The molecule has 0 atom stereocenters. The van der Waals surface area contributed by atoms with Crippen molar-refractivity contribution in [1.82, 2.24) is 0 Å². The molecule has 0 aromatic heterocycles. The monoisotopic (exact) mass is 117 g/mol. The van der Waals surface area contributed by atoms with Crippen molar-refractivity contribution in [2.45, 2.75) is 24.9 Å². The normalized spacial score (nSPS) is 25.5. The summed E-state index contributed by atoms with van der Waals surface area (Å²) in [5.74, 6) is 0. The zero-order chi connectivity index (χ0) is 4.41. The van der Waals surface area contributed by atoms with E-state index < -0.39 is 0 Å². The van der Waals surface area contributed by atoms with Crippen LogP contribution < -0.4 is 0 Å². The van der Waals surface area contributed by atoms with Crippen LogP contribution >= 0.6 is 12.1 Å². The molecule has 1 saturated heterocycles. The second kappa shape index (κ2) is 2.03. The third kappa shape index (κ3) is 1.01. The van der Waals surface area contributed by atoms with Gasteiger partial charge in [0.05, 0.1) is 0 Å². The first kappa shape index (κ1) is 4.72. The fourth-order valence-electron chi connectivity index (χ4n) is 0.783. The van der Waals surface area contributed by atoms with E-state index in [-0.39, 0.29) is 7.95 Å². The summed E-state index contributed by atoms with van der Waals surface area (Å²) in [6.07, 6.45) is 2.91. The van der Waals surface area contributed by atoms with Gasteiger partial charge in [0, 0.05) is 0 Å². The molecular weight excluding hydrogens is 108 g/mol. The van der Waals surface area contributed by atoms with Crippen molar-refractivity contribution >= 4 is 20.0 Å². The largest absolute Gasteiger partial charge is 0.204 e. The maximum absolute atomic E-state index is 4.39. The molecule has 0 N–H and O–H groups in total. The summed E-state index contributed by atoms with van der Waals surface area (Å²) < 4.78 is 0. The van der Waals surface area contributed by atoms with Crippen LogP contribution in [0.4, 0.5) is 0 Å². The minimum Gasteiger partial charge on any atom is -0.204 e. The standard InChI is InChI=1S/C4H9SSi/c5-6-3-1-2-4-6/h5H,1-4H2. The zero-order valence-corrected chi connectivity index (χ0v) is 5.67. The van der Waals surface area contributed by atoms with Gasteiger partial charge in [-0.15, -0.1) is 0 Å². The van der Waals surface area contributed by atoms with Crippen LogP contribution in [-0.2, 0) is 0 Å². The summed E-state index contributed by atoms with van der Waals surface area (Å²) in [5, 5.41) is 0. The Morgan fingerprint density at radius 1 is 1.17 bits per heavy atom. The first-order valence-corrected chi connectivity index (χ1v) is 5.63. The topological polar surface area (TPSA) is 0 Å². The lowest BCUT2D eigenvalue weighted by molar-refractivity contribution is 0.935. The Morgan fingerprint density at radius 3 is 1.83 bits per heavy atom. The molecule has 2 heteroatoms. The fourth-order valence-corrected chi connectivity index (χ4v) is 3.30. The van der Waals surface area contributed by atoms with Crippen LogP contribution in [0.3, 0.4) is 0 Å². The fraction of sp³-hybridized carbons (Fsp3) is 1.00. The maximum atomic E-state index is 4.39. The lowest BCUT2D eigenvalue weighted by atomic mass is 10.4. The molecular formula is C4H9SSi. The van der Waals surface area contributed by atoms with Crippen molar-refractivity contribution in [3.05, 3.63) is 0 Å². The van der Waals surface area contributed by atoms with Crippen LogP contribution in [0.1, 0.15) is 12.8 Å². The van der Waals surface area contributed by atoms with Crippen molar-refractivity contribution in [1.29, 1.82) is 0 Å². The molecule has 0 nitrogen and oxygen atoms in total. The molecule has 0 saturated carbocycles. The lowest BCUT2D eigenvalue weighted by Crippen LogP contribution is -1.90. The average Bonchev–Trinajstić information content (AvgIpc) is 1.86. The number of thiol groups is 1. The van der Waals surface area contributed by atoms with Crippen molar-refractivity contribution < 1.29 is 0 Å². The van der Waals surface area contributed by atoms with Gasteiger partial charge >= 0.3 is 0 Å². The Labute approximate surface area is 45.6 Å². The minimum atomic E-state index is -0.0628. The molecule has 1 aliphatic rings. The van der Waals surface area contributed by atoms with Gasteiger partial charge in [-0.2, -0.15) is 0 Å². The SMILES string of the molecule is S[Si]1CCCC1. The van der Waals surface area contributed by atoms with Crippen LogP contribution in [0.15, 0.2) is 0 Å². The maximum Gasteiger partial charge on any atom is 0.117 e. The molecule has 0 aromatic rings. The second-order valence-corrected chi connectivity index (χ2v) is 5.80. The van der Waals surface area contributed by atoms with Crippen molar-refractivity contribution in [3.63, 3.8) is 0 Å². The van der Waals surface area contributed by atoms with Crippen LogP contribution in [0.2, 0.25) is 12.1 Å². The van der Waals surface area contributed by atoms with E-state index in [1.807, 2.05) is 0 Å². The summed E-state index contributed by atoms with van der Waals surface area (Å²) >= 11 is 4.39. The molecule has 0 spiro atoms. The van der Waals surface area contributed by atoms with Crippen molar-refractivity contribution in [2.24, 2.45) is 0 Å². The summed E-state index contributed by atoms with van der Waals surface area (Å²) in [5.41, 5.74) is 0. The third-order valence-corrected chi connectivity index (χ3v) is 4.38. The highest BCUT2D eigenvalue weighted by molar-refractivity contribution is 8.10. The summed E-state index contributed by atoms with van der Waals surface area (Å²) in [4.78, 5) is 0. The molecule has 0 amide bonds. The summed E-state index contributed by atoms with van der Waals surface area (Å²) in [6, 6.07) is 2.90. The molecule has 1 fully saturated rings. The van der Waals surface area contributed by atoms with Gasteiger partial charge in [0.15, 0.2) is 0 Å². The minimum absolute atomic E-state index is 0.0628. The van der Waals surface area contributed by atoms with Crippen molar-refractivity contribution in [3.8, 4) is 0 Å². The Bertz CT molecular complexity index is 40.8. The van der Waals surface area contributed by atoms with Gasteiger partial charge in [-0.05, 0) is 12.1 Å². The Hall–Kier alpha value is 0.567. The average molecular weight is 117 g/mol. The Kier molecular flexibility index (Phi) is 1.59. The highest BCUT2D eigenvalue weighted by Crippen LogP contribution is 2.20. The molecule has 35 valence electrons. The molecule has 0 aliphatic carbocycles. The van der Waals surface area contributed by atoms with E-state index in [1.165, 1.54) is 24.9 Å². The van der Waals surface area contributed by atoms with Gasteiger partial charge in [-0.25, -0.2) is 12.1 Å². The van der Waals surface area contributed by atoms with Gasteiger partial charge in [0.25, 0.3) is 0 Å². The molecule has 6 heavy (non-hydrogen) atoms. The number of hydrogen-bond acceptors (Lipinski definition) is 1. The van der Waals surface area contributed by atoms with Gasteiger partial charge in [-0.3, -0.25) is 0 Å². The zero-order valence-electron chi connectivity index (χ0n) is 3.78. The molecule has 1 radical (unpaired) electrons.